The Morgan fingerprint density at radius 3 is 2.67 bits per heavy atom. The summed E-state index contributed by atoms with van der Waals surface area (Å²) in [5.41, 5.74) is 0.536. The van der Waals surface area contributed by atoms with Gasteiger partial charge in [0.2, 0.25) is 0 Å². The zero-order valence-corrected chi connectivity index (χ0v) is 12.4. The highest BCUT2D eigenvalue weighted by molar-refractivity contribution is 5.37. The van der Waals surface area contributed by atoms with Crippen molar-refractivity contribution in [1.82, 2.24) is 4.90 Å². The van der Waals surface area contributed by atoms with Crippen LogP contribution < -0.4 is 0 Å². The molecule has 114 valence electrons. The van der Waals surface area contributed by atoms with Gasteiger partial charge in [-0.1, -0.05) is 30.7 Å². The predicted molar refractivity (Wildman–Crippen MR) is 80.1 cm³/mol. The van der Waals surface area contributed by atoms with Gasteiger partial charge in [-0.3, -0.25) is 4.90 Å². The van der Waals surface area contributed by atoms with Gasteiger partial charge in [-0.05, 0) is 32.0 Å². The van der Waals surface area contributed by atoms with Crippen LogP contribution in [0.3, 0.4) is 0 Å². The van der Waals surface area contributed by atoms with Crippen molar-refractivity contribution in [2.75, 3.05) is 20.2 Å². The Balaban J connectivity index is 1.98. The highest BCUT2D eigenvalue weighted by Crippen LogP contribution is 2.30. The second-order valence-corrected chi connectivity index (χ2v) is 5.87. The number of benzene rings is 1. The van der Waals surface area contributed by atoms with Gasteiger partial charge in [-0.2, -0.15) is 0 Å². The fourth-order valence-corrected chi connectivity index (χ4v) is 2.94. The van der Waals surface area contributed by atoms with E-state index in [1.54, 1.807) is 12.1 Å². The van der Waals surface area contributed by atoms with Gasteiger partial charge in [-0.25, -0.2) is 4.39 Å². The van der Waals surface area contributed by atoms with Crippen molar-refractivity contribution < 1.29 is 14.6 Å². The molecule has 21 heavy (non-hydrogen) atoms. The molecule has 1 saturated carbocycles. The molecule has 1 aliphatic carbocycles. The van der Waals surface area contributed by atoms with E-state index in [9.17, 15) is 9.50 Å². The first-order chi connectivity index (χ1) is 10.0. The van der Waals surface area contributed by atoms with E-state index in [2.05, 4.69) is 11.8 Å². The Morgan fingerprint density at radius 1 is 1.33 bits per heavy atom. The Kier molecular flexibility index (Phi) is 5.35. The van der Waals surface area contributed by atoms with Crippen LogP contribution in [0.4, 0.5) is 4.39 Å². The molecule has 0 aliphatic heterocycles. The predicted octanol–water partition coefficient (Wildman–Crippen LogP) is 1.91. The quantitative estimate of drug-likeness (QED) is 0.833. The number of aliphatic hydroxyl groups excluding tert-OH is 1. The lowest BCUT2D eigenvalue weighted by Crippen LogP contribution is -2.38. The molecule has 0 amide bonds. The minimum absolute atomic E-state index is 0.231. The molecule has 0 spiro atoms. The minimum Gasteiger partial charge on any atom is -0.389 e. The van der Waals surface area contributed by atoms with Gasteiger partial charge in [0.05, 0.1) is 5.60 Å². The number of halogens is 1. The van der Waals surface area contributed by atoms with E-state index in [-0.39, 0.29) is 12.4 Å². The highest BCUT2D eigenvalue weighted by Gasteiger charge is 2.32. The molecule has 1 fully saturated rings. The third-order valence-corrected chi connectivity index (χ3v) is 3.90. The van der Waals surface area contributed by atoms with Crippen molar-refractivity contribution in [3.05, 3.63) is 35.1 Å². The molecule has 0 bridgehead atoms. The van der Waals surface area contributed by atoms with E-state index >= 15 is 0 Å². The van der Waals surface area contributed by atoms with Crippen molar-refractivity contribution in [3.8, 4) is 11.8 Å². The lowest BCUT2D eigenvalue weighted by Gasteiger charge is -2.28. The SMILES string of the molecule is CN(Cc1ccc(C#CCO)cc1F)CC1(O)CCCC1. The zero-order valence-electron chi connectivity index (χ0n) is 12.4. The van der Waals surface area contributed by atoms with Crippen molar-refractivity contribution >= 4 is 0 Å². The maximum atomic E-state index is 14.0. The molecule has 0 radical (unpaired) electrons. The number of rotatable bonds is 4. The minimum atomic E-state index is -0.613. The summed E-state index contributed by atoms with van der Waals surface area (Å²) in [4.78, 5) is 1.96. The Hall–Kier alpha value is -1.41. The molecule has 3 nitrogen and oxygen atoms in total. The average Bonchev–Trinajstić information content (AvgIpc) is 2.85. The molecular formula is C17H22FNO2. The molecule has 0 aromatic heterocycles. The molecular weight excluding hydrogens is 269 g/mol. The van der Waals surface area contributed by atoms with E-state index in [0.29, 0.717) is 24.2 Å². The number of likely N-dealkylation sites (N-methyl/N-ethyl adjacent to an activating group) is 1. The standard InChI is InChI=1S/C17H22FNO2/c1-19(13-17(21)8-2-3-9-17)12-15-7-6-14(5-4-10-20)11-16(15)18/h6-7,11,20-21H,2-3,8-10,12-13H2,1H3. The summed E-state index contributed by atoms with van der Waals surface area (Å²) in [6.45, 7) is 0.797. The third-order valence-electron chi connectivity index (χ3n) is 3.90. The summed E-state index contributed by atoms with van der Waals surface area (Å²) in [5, 5.41) is 19.0. The molecule has 0 saturated heterocycles. The van der Waals surface area contributed by atoms with Crippen LogP contribution in [0.1, 0.15) is 36.8 Å². The van der Waals surface area contributed by atoms with Crippen molar-refractivity contribution in [3.63, 3.8) is 0 Å². The summed E-state index contributed by atoms with van der Waals surface area (Å²) in [7, 11) is 1.90. The average molecular weight is 291 g/mol. The lowest BCUT2D eigenvalue weighted by molar-refractivity contribution is 0.0143. The van der Waals surface area contributed by atoms with Gasteiger partial charge in [0.1, 0.15) is 12.4 Å². The molecule has 0 atom stereocenters. The Labute approximate surface area is 125 Å². The van der Waals surface area contributed by atoms with Gasteiger partial charge in [0.25, 0.3) is 0 Å². The number of hydrogen-bond donors (Lipinski definition) is 2. The molecule has 0 heterocycles. The first kappa shape index (κ1) is 16.0. The largest absolute Gasteiger partial charge is 0.389 e. The van der Waals surface area contributed by atoms with Crippen LogP contribution in [-0.4, -0.2) is 40.9 Å². The number of aliphatic hydroxyl groups is 2. The van der Waals surface area contributed by atoms with Crippen molar-refractivity contribution in [1.29, 1.82) is 0 Å². The second kappa shape index (κ2) is 7.04. The second-order valence-electron chi connectivity index (χ2n) is 5.87. The van der Waals surface area contributed by atoms with Gasteiger partial charge in [-0.15, -0.1) is 0 Å². The van der Waals surface area contributed by atoms with Crippen LogP contribution in [0.15, 0.2) is 18.2 Å². The molecule has 2 N–H and O–H groups in total. The first-order valence-corrected chi connectivity index (χ1v) is 7.31. The monoisotopic (exact) mass is 291 g/mol. The molecule has 0 unspecified atom stereocenters. The van der Waals surface area contributed by atoms with Crippen LogP contribution in [-0.2, 0) is 6.54 Å². The normalized spacial score (nSPS) is 16.8. The Bertz CT molecular complexity index is 541. The van der Waals surface area contributed by atoms with Gasteiger partial charge in [0, 0.05) is 24.2 Å². The van der Waals surface area contributed by atoms with E-state index in [1.807, 2.05) is 11.9 Å². The van der Waals surface area contributed by atoms with Gasteiger partial charge < -0.3 is 10.2 Å². The smallest absolute Gasteiger partial charge is 0.128 e. The summed E-state index contributed by atoms with van der Waals surface area (Å²) >= 11 is 0. The van der Waals surface area contributed by atoms with Crippen LogP contribution in [0, 0.1) is 17.7 Å². The molecule has 1 aliphatic rings. The maximum Gasteiger partial charge on any atom is 0.128 e. The number of hydrogen-bond acceptors (Lipinski definition) is 3. The summed E-state index contributed by atoms with van der Waals surface area (Å²) in [6, 6.07) is 4.85. The molecule has 1 aromatic carbocycles. The Morgan fingerprint density at radius 2 is 2.05 bits per heavy atom. The lowest BCUT2D eigenvalue weighted by atomic mass is 10.0. The zero-order chi connectivity index (χ0) is 15.3. The fourth-order valence-electron chi connectivity index (χ4n) is 2.94. The summed E-state index contributed by atoms with van der Waals surface area (Å²) in [5.74, 6) is 4.89. The number of nitrogens with zero attached hydrogens (tertiary/aromatic N) is 1. The van der Waals surface area contributed by atoms with E-state index in [4.69, 9.17) is 5.11 Å². The first-order valence-electron chi connectivity index (χ1n) is 7.31. The van der Waals surface area contributed by atoms with Crippen molar-refractivity contribution in [2.45, 2.75) is 37.8 Å². The molecule has 2 rings (SSSR count). The van der Waals surface area contributed by atoms with Crippen molar-refractivity contribution in [2.24, 2.45) is 0 Å². The van der Waals surface area contributed by atoms with Crippen LogP contribution in [0.2, 0.25) is 0 Å². The topological polar surface area (TPSA) is 43.7 Å². The van der Waals surface area contributed by atoms with Gasteiger partial charge >= 0.3 is 0 Å². The van der Waals surface area contributed by atoms with Crippen LogP contribution in [0.5, 0.6) is 0 Å². The van der Waals surface area contributed by atoms with E-state index in [0.717, 1.165) is 25.7 Å². The maximum absolute atomic E-state index is 14.0. The van der Waals surface area contributed by atoms with Crippen LogP contribution in [0.25, 0.3) is 0 Å². The van der Waals surface area contributed by atoms with E-state index < -0.39 is 5.60 Å². The third kappa shape index (κ3) is 4.53. The molecule has 1 aromatic rings. The highest BCUT2D eigenvalue weighted by atomic mass is 19.1. The fraction of sp³-hybridized carbons (Fsp3) is 0.529. The molecule has 4 heteroatoms. The summed E-state index contributed by atoms with van der Waals surface area (Å²) in [6.07, 6.45) is 3.79. The summed E-state index contributed by atoms with van der Waals surface area (Å²) < 4.78 is 14.0. The van der Waals surface area contributed by atoms with Gasteiger partial charge in [0.15, 0.2) is 0 Å². The van der Waals surface area contributed by atoms with E-state index in [1.165, 1.54) is 6.07 Å². The van der Waals surface area contributed by atoms with Crippen LogP contribution >= 0.6 is 0 Å².